The molecule has 0 saturated carbocycles. The number of carbonyl (C=O) groups is 1. The quantitative estimate of drug-likeness (QED) is 0.286. The normalized spacial score (nSPS) is 10.3. The van der Waals surface area contributed by atoms with E-state index in [-0.39, 0.29) is 23.5 Å². The number of anilines is 2. The lowest BCUT2D eigenvalue weighted by Crippen LogP contribution is -2.21. The van der Waals surface area contributed by atoms with E-state index in [1.807, 2.05) is 30.3 Å². The van der Waals surface area contributed by atoms with Crippen LogP contribution in [0.5, 0.6) is 23.4 Å². The van der Waals surface area contributed by atoms with E-state index in [0.717, 1.165) is 5.56 Å². The van der Waals surface area contributed by atoms with Crippen LogP contribution in [0.3, 0.4) is 0 Å². The lowest BCUT2D eigenvalue weighted by Gasteiger charge is -2.15. The number of nitrogens with one attached hydrogen (secondary N) is 1. The number of nitrogens with two attached hydrogens (primary N) is 1. The van der Waals surface area contributed by atoms with E-state index >= 15 is 0 Å². The van der Waals surface area contributed by atoms with Crippen molar-refractivity contribution in [3.05, 3.63) is 94.0 Å². The minimum atomic E-state index is -0.166. The molecule has 1 heterocycles. The number of halogens is 1. The molecular formula is C27H23BrN6O3. The molecule has 4 rings (SSSR count). The first-order valence-electron chi connectivity index (χ1n) is 11.2. The summed E-state index contributed by atoms with van der Waals surface area (Å²) in [4.78, 5) is 22.6. The van der Waals surface area contributed by atoms with Gasteiger partial charge < -0.3 is 25.4 Å². The Morgan fingerprint density at radius 2 is 1.81 bits per heavy atom. The van der Waals surface area contributed by atoms with Crippen molar-refractivity contribution in [3.63, 3.8) is 0 Å². The van der Waals surface area contributed by atoms with Crippen LogP contribution in [-0.4, -0.2) is 34.9 Å². The van der Waals surface area contributed by atoms with Crippen molar-refractivity contribution < 1.29 is 14.3 Å². The van der Waals surface area contributed by atoms with E-state index in [0.29, 0.717) is 39.5 Å². The zero-order valence-electron chi connectivity index (χ0n) is 20.1. The van der Waals surface area contributed by atoms with E-state index in [4.69, 9.17) is 15.2 Å². The second kappa shape index (κ2) is 11.4. The first-order chi connectivity index (χ1) is 17.8. The molecule has 0 fully saturated rings. The highest BCUT2D eigenvalue weighted by molar-refractivity contribution is 9.10. The highest BCUT2D eigenvalue weighted by Crippen LogP contribution is 2.35. The second-order valence-electron chi connectivity index (χ2n) is 8.13. The number of hydrogen-bond donors (Lipinski definition) is 2. The van der Waals surface area contributed by atoms with E-state index in [1.54, 1.807) is 56.6 Å². The number of carbonyl (C=O) groups excluding carboxylic acids is 1. The number of hydrogen-bond acceptors (Lipinski definition) is 8. The van der Waals surface area contributed by atoms with Gasteiger partial charge in [0.15, 0.2) is 5.82 Å². The smallest absolute Gasteiger partial charge is 0.327 e. The number of ether oxygens (including phenoxy) is 2. The molecule has 0 unspecified atom stereocenters. The summed E-state index contributed by atoms with van der Waals surface area (Å²) >= 11 is 3.37. The van der Waals surface area contributed by atoms with E-state index in [2.05, 4.69) is 37.3 Å². The van der Waals surface area contributed by atoms with Gasteiger partial charge in [-0.25, -0.2) is 0 Å². The van der Waals surface area contributed by atoms with Gasteiger partial charge in [-0.15, -0.1) is 0 Å². The highest BCUT2D eigenvalue weighted by Gasteiger charge is 2.17. The van der Waals surface area contributed by atoms with Crippen LogP contribution in [0.4, 0.5) is 11.5 Å². The summed E-state index contributed by atoms with van der Waals surface area (Å²) in [5, 5.41) is 12.5. The zero-order chi connectivity index (χ0) is 26.4. The highest BCUT2D eigenvalue weighted by atomic mass is 79.9. The van der Waals surface area contributed by atoms with Crippen LogP contribution in [0.25, 0.3) is 0 Å². The fourth-order valence-corrected chi connectivity index (χ4v) is 3.80. The Labute approximate surface area is 222 Å². The van der Waals surface area contributed by atoms with Gasteiger partial charge in [0.05, 0.1) is 11.6 Å². The monoisotopic (exact) mass is 558 g/mol. The largest absolute Gasteiger partial charge is 0.437 e. The first kappa shape index (κ1) is 25.5. The Bertz CT molecular complexity index is 1470. The molecule has 3 aromatic carbocycles. The molecule has 1 aromatic heterocycles. The number of nitrogen functional groups attached to an aromatic ring is 1. The number of benzene rings is 3. The van der Waals surface area contributed by atoms with Gasteiger partial charge in [-0.05, 0) is 42.0 Å². The Hall–Kier alpha value is -4.62. The summed E-state index contributed by atoms with van der Waals surface area (Å²) in [6, 6.07) is 23.4. The van der Waals surface area contributed by atoms with Gasteiger partial charge >= 0.3 is 6.01 Å². The maximum absolute atomic E-state index is 12.4. The molecule has 9 nitrogen and oxygen atoms in total. The molecule has 0 saturated heterocycles. The van der Waals surface area contributed by atoms with Crippen molar-refractivity contribution in [3.8, 4) is 29.5 Å². The van der Waals surface area contributed by atoms with E-state index in [1.165, 1.54) is 4.90 Å². The summed E-state index contributed by atoms with van der Waals surface area (Å²) in [7, 11) is 3.35. The Morgan fingerprint density at radius 1 is 1.03 bits per heavy atom. The molecule has 0 bridgehead atoms. The van der Waals surface area contributed by atoms with E-state index < -0.39 is 0 Å². The summed E-state index contributed by atoms with van der Waals surface area (Å²) in [6.07, 6.45) is 0. The molecule has 0 aliphatic rings. The van der Waals surface area contributed by atoms with Gasteiger partial charge in [-0.3, -0.25) is 4.79 Å². The van der Waals surface area contributed by atoms with Crippen LogP contribution in [0.15, 0.2) is 77.3 Å². The third-order valence-electron chi connectivity index (χ3n) is 5.10. The maximum atomic E-state index is 12.4. The summed E-state index contributed by atoms with van der Waals surface area (Å²) < 4.78 is 12.5. The number of rotatable bonds is 8. The molecule has 0 spiro atoms. The molecule has 4 aromatic rings. The minimum absolute atomic E-state index is 0.0373. The fraction of sp³-hybridized carbons (Fsp3) is 0.111. The van der Waals surface area contributed by atoms with Gasteiger partial charge in [0.2, 0.25) is 0 Å². The van der Waals surface area contributed by atoms with Crippen molar-refractivity contribution in [2.75, 3.05) is 25.1 Å². The number of amides is 1. The zero-order valence-corrected chi connectivity index (χ0v) is 21.7. The first-order valence-corrected chi connectivity index (χ1v) is 11.9. The molecule has 0 atom stereocenters. The topological polar surface area (TPSA) is 126 Å². The van der Waals surface area contributed by atoms with E-state index in [9.17, 15) is 10.1 Å². The third kappa shape index (κ3) is 6.54. The molecular weight excluding hydrogens is 536 g/mol. The van der Waals surface area contributed by atoms with Crippen LogP contribution in [-0.2, 0) is 6.54 Å². The molecule has 37 heavy (non-hydrogen) atoms. The maximum Gasteiger partial charge on any atom is 0.327 e. The van der Waals surface area contributed by atoms with Crippen LogP contribution in [0.2, 0.25) is 0 Å². The fourth-order valence-electron chi connectivity index (χ4n) is 3.32. The third-order valence-corrected chi connectivity index (χ3v) is 5.56. The molecule has 0 radical (unpaired) electrons. The molecule has 3 N–H and O–H groups in total. The summed E-state index contributed by atoms with van der Waals surface area (Å²) in [5.74, 6) is 0.908. The van der Waals surface area contributed by atoms with Gasteiger partial charge in [0.25, 0.3) is 11.8 Å². The van der Waals surface area contributed by atoms with Gasteiger partial charge in [0, 0.05) is 30.7 Å². The number of aromatic nitrogens is 2. The Balaban J connectivity index is 1.69. The van der Waals surface area contributed by atoms with Crippen LogP contribution in [0.1, 0.15) is 21.5 Å². The average Bonchev–Trinajstić information content (AvgIpc) is 2.89. The van der Waals surface area contributed by atoms with Crippen LogP contribution < -0.4 is 20.5 Å². The molecule has 0 aliphatic heterocycles. The van der Waals surface area contributed by atoms with Crippen molar-refractivity contribution >= 4 is 33.3 Å². The second-order valence-corrected chi connectivity index (χ2v) is 9.05. The number of nitriles is 1. The molecule has 186 valence electrons. The predicted octanol–water partition coefficient (Wildman–Crippen LogP) is 5.59. The van der Waals surface area contributed by atoms with Gasteiger partial charge in [-0.2, -0.15) is 15.2 Å². The standard InChI is InChI=1S/C27H23BrN6O3/c1-34(2)26(35)19-9-6-10-21(13-19)37-27-32-24(31-16-17-7-4-3-5-8-17)23(30)25(33-27)36-22-12-18(15-29)11-20(28)14-22/h3-14H,16,30H2,1-2H3,(H,31,32,33). The molecule has 10 heteroatoms. The Morgan fingerprint density at radius 3 is 2.54 bits per heavy atom. The van der Waals surface area contributed by atoms with Gasteiger partial charge in [0.1, 0.15) is 17.2 Å². The van der Waals surface area contributed by atoms with Crippen LogP contribution >= 0.6 is 15.9 Å². The Kier molecular flexibility index (Phi) is 7.86. The molecule has 0 aliphatic carbocycles. The minimum Gasteiger partial charge on any atom is -0.437 e. The van der Waals surface area contributed by atoms with Crippen molar-refractivity contribution in [1.82, 2.24) is 14.9 Å². The SMILES string of the molecule is CN(C)C(=O)c1cccc(Oc2nc(NCc3ccccc3)c(N)c(Oc3cc(Br)cc(C#N)c3)n2)c1. The van der Waals surface area contributed by atoms with Crippen molar-refractivity contribution in [2.45, 2.75) is 6.54 Å². The summed E-state index contributed by atoms with van der Waals surface area (Å²) in [5.41, 5.74) is 8.41. The van der Waals surface area contributed by atoms with Crippen LogP contribution in [0, 0.1) is 11.3 Å². The molecule has 1 amide bonds. The van der Waals surface area contributed by atoms with Crippen molar-refractivity contribution in [2.24, 2.45) is 0 Å². The number of nitrogens with zero attached hydrogens (tertiary/aromatic N) is 4. The lowest BCUT2D eigenvalue weighted by atomic mass is 10.2. The predicted molar refractivity (Wildman–Crippen MR) is 144 cm³/mol. The lowest BCUT2D eigenvalue weighted by molar-refractivity contribution is 0.0827. The van der Waals surface area contributed by atoms with Gasteiger partial charge in [-0.1, -0.05) is 52.3 Å². The van der Waals surface area contributed by atoms with Crippen molar-refractivity contribution in [1.29, 1.82) is 5.26 Å². The summed E-state index contributed by atoms with van der Waals surface area (Å²) in [6.45, 7) is 0.448. The average molecular weight is 559 g/mol.